The standard InChI is InChI=1S/C40H24N4O2/c1-4-11-25(12-5-1)28-17-10-18-29(21-28)38-42-37(26-13-6-2-7-14-26)43-39(44-38)30-19-20-31-32-23-36-33(24-35(32)45-34(31)22-30)41-40(46-36)27-15-8-3-9-16-27/h1-24H. The number of benzene rings is 6. The van der Waals surface area contributed by atoms with E-state index in [2.05, 4.69) is 30.3 Å². The molecule has 0 radical (unpaired) electrons. The first kappa shape index (κ1) is 26.0. The molecule has 6 aromatic carbocycles. The van der Waals surface area contributed by atoms with E-state index in [0.29, 0.717) is 28.9 Å². The van der Waals surface area contributed by atoms with E-state index in [1.54, 1.807) is 0 Å². The minimum atomic E-state index is 0.569. The second-order valence-electron chi connectivity index (χ2n) is 11.1. The summed E-state index contributed by atoms with van der Waals surface area (Å²) in [6.07, 6.45) is 0. The summed E-state index contributed by atoms with van der Waals surface area (Å²) in [5.74, 6) is 2.37. The Morgan fingerprint density at radius 1 is 0.326 bits per heavy atom. The van der Waals surface area contributed by atoms with Crippen LogP contribution >= 0.6 is 0 Å². The Balaban J connectivity index is 1.16. The van der Waals surface area contributed by atoms with E-state index in [9.17, 15) is 0 Å². The Hall–Kier alpha value is -6.40. The van der Waals surface area contributed by atoms with E-state index in [1.165, 1.54) is 0 Å². The molecule has 0 spiro atoms. The molecule has 0 bridgehead atoms. The van der Waals surface area contributed by atoms with Crippen LogP contribution < -0.4 is 0 Å². The summed E-state index contributed by atoms with van der Waals surface area (Å²) in [7, 11) is 0. The molecule has 46 heavy (non-hydrogen) atoms. The van der Waals surface area contributed by atoms with Gasteiger partial charge in [-0.3, -0.25) is 0 Å². The lowest BCUT2D eigenvalue weighted by molar-refractivity contribution is 0.620. The van der Waals surface area contributed by atoms with Crippen molar-refractivity contribution < 1.29 is 8.83 Å². The molecule has 0 aliphatic carbocycles. The number of aromatic nitrogens is 4. The maximum absolute atomic E-state index is 6.38. The molecule has 0 unspecified atom stereocenters. The largest absolute Gasteiger partial charge is 0.456 e. The molecule has 6 heteroatoms. The van der Waals surface area contributed by atoms with Crippen LogP contribution in [0.15, 0.2) is 154 Å². The molecule has 0 amide bonds. The smallest absolute Gasteiger partial charge is 0.227 e. The summed E-state index contributed by atoms with van der Waals surface area (Å²) < 4.78 is 12.5. The highest BCUT2D eigenvalue weighted by Crippen LogP contribution is 2.36. The van der Waals surface area contributed by atoms with Crippen LogP contribution in [-0.2, 0) is 0 Å². The second kappa shape index (κ2) is 10.6. The topological polar surface area (TPSA) is 77.8 Å². The molecule has 0 saturated carbocycles. The van der Waals surface area contributed by atoms with Crippen molar-refractivity contribution in [1.29, 1.82) is 0 Å². The van der Waals surface area contributed by atoms with Crippen molar-refractivity contribution in [2.75, 3.05) is 0 Å². The summed E-state index contributed by atoms with van der Waals surface area (Å²) in [4.78, 5) is 19.5. The van der Waals surface area contributed by atoms with Crippen molar-refractivity contribution in [3.63, 3.8) is 0 Å². The first-order chi connectivity index (χ1) is 22.7. The minimum Gasteiger partial charge on any atom is -0.456 e. The maximum atomic E-state index is 6.38. The fraction of sp³-hybridized carbons (Fsp3) is 0. The third-order valence-electron chi connectivity index (χ3n) is 8.16. The second-order valence-corrected chi connectivity index (χ2v) is 11.1. The van der Waals surface area contributed by atoms with E-state index in [0.717, 1.165) is 60.8 Å². The van der Waals surface area contributed by atoms with Gasteiger partial charge >= 0.3 is 0 Å². The molecule has 3 heterocycles. The molecule has 9 rings (SSSR count). The zero-order valence-electron chi connectivity index (χ0n) is 24.5. The predicted molar refractivity (Wildman–Crippen MR) is 182 cm³/mol. The lowest BCUT2D eigenvalue weighted by Gasteiger charge is -2.09. The zero-order valence-corrected chi connectivity index (χ0v) is 24.5. The molecule has 0 aliphatic rings. The molecule has 216 valence electrons. The van der Waals surface area contributed by atoms with Gasteiger partial charge in [0.05, 0.1) is 0 Å². The molecule has 9 aromatic rings. The highest BCUT2D eigenvalue weighted by atomic mass is 16.4. The van der Waals surface area contributed by atoms with Gasteiger partial charge in [0.1, 0.15) is 16.7 Å². The molecule has 0 N–H and O–H groups in total. The quantitative estimate of drug-likeness (QED) is 0.198. The Morgan fingerprint density at radius 2 is 0.891 bits per heavy atom. The van der Waals surface area contributed by atoms with E-state index < -0.39 is 0 Å². The molecule has 0 atom stereocenters. The summed E-state index contributed by atoms with van der Waals surface area (Å²) in [5.41, 5.74) is 8.77. The van der Waals surface area contributed by atoms with Gasteiger partial charge in [0.2, 0.25) is 5.89 Å². The number of fused-ring (bicyclic) bond motifs is 4. The van der Waals surface area contributed by atoms with Gasteiger partial charge in [0.15, 0.2) is 23.1 Å². The average Bonchev–Trinajstić information content (AvgIpc) is 3.71. The van der Waals surface area contributed by atoms with E-state index in [-0.39, 0.29) is 0 Å². The van der Waals surface area contributed by atoms with E-state index in [4.69, 9.17) is 28.8 Å². The van der Waals surface area contributed by atoms with Crippen LogP contribution in [0.3, 0.4) is 0 Å². The van der Waals surface area contributed by atoms with Crippen LogP contribution in [0.4, 0.5) is 0 Å². The minimum absolute atomic E-state index is 0.569. The van der Waals surface area contributed by atoms with Crippen LogP contribution in [0.2, 0.25) is 0 Å². The Bertz CT molecular complexity index is 2520. The lowest BCUT2D eigenvalue weighted by Crippen LogP contribution is -2.00. The van der Waals surface area contributed by atoms with Crippen LogP contribution in [-0.4, -0.2) is 19.9 Å². The van der Waals surface area contributed by atoms with Crippen molar-refractivity contribution in [3.8, 4) is 56.7 Å². The number of nitrogens with zero attached hydrogens (tertiary/aromatic N) is 4. The summed E-state index contributed by atoms with van der Waals surface area (Å²) in [5, 5.41) is 1.94. The van der Waals surface area contributed by atoms with Crippen LogP contribution in [0.5, 0.6) is 0 Å². The molecule has 0 fully saturated rings. The predicted octanol–water partition coefficient (Wildman–Crippen LogP) is 10.2. The molecule has 3 aromatic heterocycles. The number of oxazole rings is 1. The summed E-state index contributed by atoms with van der Waals surface area (Å²) in [6.45, 7) is 0. The van der Waals surface area contributed by atoms with Gasteiger partial charge in [0.25, 0.3) is 0 Å². The van der Waals surface area contributed by atoms with Crippen LogP contribution in [0, 0.1) is 0 Å². The first-order valence-electron chi connectivity index (χ1n) is 15.1. The Morgan fingerprint density at radius 3 is 1.61 bits per heavy atom. The molecule has 0 aliphatic heterocycles. The number of hydrogen-bond acceptors (Lipinski definition) is 6. The molecule has 6 nitrogen and oxygen atoms in total. The van der Waals surface area contributed by atoms with Crippen molar-refractivity contribution in [1.82, 2.24) is 19.9 Å². The van der Waals surface area contributed by atoms with Gasteiger partial charge in [0, 0.05) is 39.1 Å². The van der Waals surface area contributed by atoms with Gasteiger partial charge in [-0.1, -0.05) is 103 Å². The third kappa shape index (κ3) is 4.60. The highest BCUT2D eigenvalue weighted by molar-refractivity contribution is 6.09. The highest BCUT2D eigenvalue weighted by Gasteiger charge is 2.17. The fourth-order valence-corrected chi connectivity index (χ4v) is 5.86. The Kier molecular flexibility index (Phi) is 6.03. The van der Waals surface area contributed by atoms with Crippen molar-refractivity contribution >= 4 is 33.0 Å². The van der Waals surface area contributed by atoms with Gasteiger partial charge in [-0.25, -0.2) is 19.9 Å². The van der Waals surface area contributed by atoms with Gasteiger partial charge in [-0.15, -0.1) is 0 Å². The van der Waals surface area contributed by atoms with Crippen molar-refractivity contribution in [3.05, 3.63) is 146 Å². The number of hydrogen-bond donors (Lipinski definition) is 0. The van der Waals surface area contributed by atoms with Crippen molar-refractivity contribution in [2.24, 2.45) is 0 Å². The van der Waals surface area contributed by atoms with E-state index >= 15 is 0 Å². The Labute approximate surface area is 263 Å². The van der Waals surface area contributed by atoms with Crippen LogP contribution in [0.25, 0.3) is 89.8 Å². The molecular formula is C40H24N4O2. The number of rotatable bonds is 5. The summed E-state index contributed by atoms with van der Waals surface area (Å²) >= 11 is 0. The SMILES string of the molecule is c1ccc(-c2cccc(-c3nc(-c4ccccc4)nc(-c4ccc5c(c4)oc4cc6nc(-c7ccccc7)oc6cc45)n3)c2)cc1. The number of furan rings is 1. The van der Waals surface area contributed by atoms with Crippen molar-refractivity contribution in [2.45, 2.75) is 0 Å². The lowest BCUT2D eigenvalue weighted by atomic mass is 10.0. The maximum Gasteiger partial charge on any atom is 0.227 e. The van der Waals surface area contributed by atoms with Crippen LogP contribution in [0.1, 0.15) is 0 Å². The van der Waals surface area contributed by atoms with Gasteiger partial charge in [-0.2, -0.15) is 0 Å². The first-order valence-corrected chi connectivity index (χ1v) is 15.1. The zero-order chi connectivity index (χ0) is 30.5. The molecule has 0 saturated heterocycles. The van der Waals surface area contributed by atoms with E-state index in [1.807, 2.05) is 115 Å². The third-order valence-corrected chi connectivity index (χ3v) is 8.16. The monoisotopic (exact) mass is 592 g/mol. The van der Waals surface area contributed by atoms with Gasteiger partial charge < -0.3 is 8.83 Å². The average molecular weight is 593 g/mol. The fourth-order valence-electron chi connectivity index (χ4n) is 5.86. The van der Waals surface area contributed by atoms with Gasteiger partial charge in [-0.05, 0) is 47.5 Å². The summed E-state index contributed by atoms with van der Waals surface area (Å²) in [6, 6.07) is 48.5. The normalized spacial score (nSPS) is 11.5. The molecular weight excluding hydrogens is 568 g/mol.